The Balaban J connectivity index is 2.68. The Kier molecular flexibility index (Phi) is 5.68. The van der Waals surface area contributed by atoms with E-state index in [4.69, 9.17) is 15.9 Å². The predicted molar refractivity (Wildman–Crippen MR) is 95.1 cm³/mol. The van der Waals surface area contributed by atoms with Gasteiger partial charge in [-0.3, -0.25) is 4.79 Å². The molecule has 2 rings (SSSR count). The lowest BCUT2D eigenvalue weighted by Crippen LogP contribution is -2.13. The molecule has 2 aromatic rings. The van der Waals surface area contributed by atoms with Gasteiger partial charge in [-0.05, 0) is 32.0 Å². The molecule has 0 aliphatic rings. The molecule has 1 N–H and O–H groups in total. The summed E-state index contributed by atoms with van der Waals surface area (Å²) in [5.74, 6) is 3.39. The lowest BCUT2D eigenvalue weighted by atomic mass is 10.0. The third-order valence-electron chi connectivity index (χ3n) is 3.21. The number of rotatable bonds is 5. The molecule has 0 bridgehead atoms. The van der Waals surface area contributed by atoms with Crippen LogP contribution in [0.25, 0.3) is 11.1 Å². The first-order valence-corrected chi connectivity index (χ1v) is 7.98. The number of hydrogen-bond donors (Lipinski definition) is 1. The number of aromatic nitrogens is 1. The van der Waals surface area contributed by atoms with E-state index in [0.29, 0.717) is 39.4 Å². The molecule has 0 amide bonds. The Labute approximate surface area is 148 Å². The van der Waals surface area contributed by atoms with E-state index in [2.05, 4.69) is 26.8 Å². The summed E-state index contributed by atoms with van der Waals surface area (Å²) in [4.78, 5) is 14.7. The van der Waals surface area contributed by atoms with Gasteiger partial charge >= 0.3 is 0 Å². The van der Waals surface area contributed by atoms with Gasteiger partial charge in [-0.1, -0.05) is 21.9 Å². The summed E-state index contributed by atoms with van der Waals surface area (Å²) >= 11 is 3.46. The molecule has 0 unspecified atom stereocenters. The van der Waals surface area contributed by atoms with E-state index in [1.807, 2.05) is 13.0 Å². The molecule has 1 aromatic heterocycles. The third-order valence-corrected chi connectivity index (χ3v) is 3.87. The van der Waals surface area contributed by atoms with E-state index >= 15 is 0 Å². The number of nitriles is 1. The number of nitrogens with zero attached hydrogens (tertiary/aromatic N) is 1. The van der Waals surface area contributed by atoms with Crippen LogP contribution in [0, 0.1) is 30.6 Å². The molecular formula is C18H15BrN2O3. The van der Waals surface area contributed by atoms with Gasteiger partial charge in [-0.25, -0.2) is 0 Å². The number of benzene rings is 1. The van der Waals surface area contributed by atoms with Gasteiger partial charge in [0.15, 0.2) is 11.5 Å². The second-order valence-electron chi connectivity index (χ2n) is 4.89. The topological polar surface area (TPSA) is 75.1 Å². The van der Waals surface area contributed by atoms with Gasteiger partial charge < -0.3 is 14.5 Å². The Morgan fingerprint density at radius 2 is 1.96 bits per heavy atom. The molecule has 0 saturated carbocycles. The Morgan fingerprint density at radius 3 is 2.58 bits per heavy atom. The first-order chi connectivity index (χ1) is 11.5. The number of halogens is 1. The van der Waals surface area contributed by atoms with Crippen molar-refractivity contribution in [1.82, 2.24) is 4.98 Å². The van der Waals surface area contributed by atoms with Crippen molar-refractivity contribution in [1.29, 1.82) is 5.26 Å². The second-order valence-corrected chi connectivity index (χ2v) is 5.74. The van der Waals surface area contributed by atoms with Gasteiger partial charge in [0.1, 0.15) is 18.2 Å². The molecule has 1 aromatic carbocycles. The smallest absolute Gasteiger partial charge is 0.266 e. The Bertz CT molecular complexity index is 904. The zero-order valence-corrected chi connectivity index (χ0v) is 14.9. The van der Waals surface area contributed by atoms with Crippen LogP contribution in [0.4, 0.5) is 0 Å². The zero-order valence-electron chi connectivity index (χ0n) is 13.3. The average Bonchev–Trinajstić information content (AvgIpc) is 2.54. The predicted octanol–water partition coefficient (Wildman–Crippen LogP) is 3.40. The van der Waals surface area contributed by atoms with Gasteiger partial charge in [-0.15, -0.1) is 6.42 Å². The van der Waals surface area contributed by atoms with Crippen LogP contribution in [0.3, 0.4) is 0 Å². The van der Waals surface area contributed by atoms with Crippen molar-refractivity contribution in [2.45, 2.75) is 13.8 Å². The van der Waals surface area contributed by atoms with Crippen LogP contribution in [-0.4, -0.2) is 18.2 Å². The highest BCUT2D eigenvalue weighted by Crippen LogP contribution is 2.39. The average molecular weight is 387 g/mol. The molecular weight excluding hydrogens is 372 g/mol. The van der Waals surface area contributed by atoms with Crippen molar-refractivity contribution in [3.63, 3.8) is 0 Å². The van der Waals surface area contributed by atoms with E-state index in [1.165, 1.54) is 0 Å². The largest absolute Gasteiger partial charge is 0.490 e. The minimum Gasteiger partial charge on any atom is -0.490 e. The van der Waals surface area contributed by atoms with Crippen molar-refractivity contribution in [3.05, 3.63) is 44.3 Å². The molecule has 122 valence electrons. The van der Waals surface area contributed by atoms with Crippen LogP contribution in [0.15, 0.2) is 27.5 Å². The van der Waals surface area contributed by atoms with Crippen LogP contribution >= 0.6 is 15.9 Å². The number of hydrogen-bond acceptors (Lipinski definition) is 4. The van der Waals surface area contributed by atoms with Crippen LogP contribution in [0.5, 0.6) is 11.5 Å². The normalized spacial score (nSPS) is 9.88. The maximum Gasteiger partial charge on any atom is 0.266 e. The van der Waals surface area contributed by atoms with Crippen LogP contribution in [0.1, 0.15) is 18.2 Å². The fraction of sp³-hybridized carbons (Fsp3) is 0.222. The molecule has 1 heterocycles. The molecule has 0 atom stereocenters. The summed E-state index contributed by atoms with van der Waals surface area (Å²) in [6.07, 6.45) is 5.23. The van der Waals surface area contributed by atoms with E-state index in [9.17, 15) is 10.1 Å². The van der Waals surface area contributed by atoms with E-state index < -0.39 is 5.56 Å². The number of terminal acetylenes is 1. The van der Waals surface area contributed by atoms with E-state index in [-0.39, 0.29) is 12.2 Å². The highest BCUT2D eigenvalue weighted by molar-refractivity contribution is 9.10. The summed E-state index contributed by atoms with van der Waals surface area (Å²) in [7, 11) is 0. The summed E-state index contributed by atoms with van der Waals surface area (Å²) in [5, 5.41) is 9.32. The van der Waals surface area contributed by atoms with E-state index in [0.717, 1.165) is 0 Å². The molecule has 0 saturated heterocycles. The fourth-order valence-corrected chi connectivity index (χ4v) is 2.79. The summed E-state index contributed by atoms with van der Waals surface area (Å²) in [6, 6.07) is 7.15. The molecule has 5 nitrogen and oxygen atoms in total. The molecule has 0 radical (unpaired) electrons. The summed E-state index contributed by atoms with van der Waals surface area (Å²) in [5.41, 5.74) is 1.46. The Morgan fingerprint density at radius 1 is 1.25 bits per heavy atom. The van der Waals surface area contributed by atoms with Gasteiger partial charge in [0, 0.05) is 21.3 Å². The van der Waals surface area contributed by atoms with Gasteiger partial charge in [-0.2, -0.15) is 5.26 Å². The van der Waals surface area contributed by atoms with Gasteiger partial charge in [0.25, 0.3) is 5.56 Å². The molecule has 0 spiro atoms. The number of aryl methyl sites for hydroxylation is 1. The van der Waals surface area contributed by atoms with Crippen molar-refractivity contribution in [3.8, 4) is 41.0 Å². The lowest BCUT2D eigenvalue weighted by Gasteiger charge is -2.15. The van der Waals surface area contributed by atoms with Crippen molar-refractivity contribution in [2.24, 2.45) is 0 Å². The first kappa shape index (κ1) is 17.7. The van der Waals surface area contributed by atoms with Crippen LogP contribution < -0.4 is 15.0 Å². The third kappa shape index (κ3) is 3.61. The number of pyridine rings is 1. The molecule has 6 heteroatoms. The quantitative estimate of drug-likeness (QED) is 0.799. The van der Waals surface area contributed by atoms with Gasteiger partial charge in [0.2, 0.25) is 0 Å². The number of nitrogens with one attached hydrogen (secondary N) is 1. The lowest BCUT2D eigenvalue weighted by molar-refractivity contribution is 0.299. The second kappa shape index (κ2) is 7.72. The standard InChI is InChI=1S/C18H15BrN2O3/c1-4-6-24-17-9-15(19)13(8-16(17)23-5-2)12-7-11(3)21-18(22)14(12)10-20/h1,7-9H,5-6H2,2-3H3,(H,21,22). The molecule has 0 aliphatic heterocycles. The maximum atomic E-state index is 12.0. The fourth-order valence-electron chi connectivity index (χ4n) is 2.25. The molecule has 0 fully saturated rings. The maximum absolute atomic E-state index is 12.0. The monoisotopic (exact) mass is 386 g/mol. The number of ether oxygens (including phenoxy) is 2. The SMILES string of the molecule is C#CCOc1cc(Br)c(-c2cc(C)[nH]c(=O)c2C#N)cc1OCC. The van der Waals surface area contributed by atoms with Gasteiger partial charge in [0.05, 0.1) is 6.61 Å². The van der Waals surface area contributed by atoms with Crippen molar-refractivity contribution in [2.75, 3.05) is 13.2 Å². The molecule has 0 aliphatic carbocycles. The zero-order chi connectivity index (χ0) is 17.7. The number of aromatic amines is 1. The van der Waals surface area contributed by atoms with Crippen LogP contribution in [-0.2, 0) is 0 Å². The summed E-state index contributed by atoms with van der Waals surface area (Å²) < 4.78 is 11.8. The number of H-pyrrole nitrogens is 1. The Hall–Kier alpha value is -2.70. The van der Waals surface area contributed by atoms with E-state index in [1.54, 1.807) is 25.1 Å². The minimum absolute atomic E-state index is 0.0426. The van der Waals surface area contributed by atoms with Crippen LogP contribution in [0.2, 0.25) is 0 Å². The molecule has 24 heavy (non-hydrogen) atoms. The highest BCUT2D eigenvalue weighted by Gasteiger charge is 2.17. The van der Waals surface area contributed by atoms with Crippen molar-refractivity contribution >= 4 is 15.9 Å². The highest BCUT2D eigenvalue weighted by atomic mass is 79.9. The van der Waals surface area contributed by atoms with Crippen molar-refractivity contribution < 1.29 is 9.47 Å². The summed E-state index contributed by atoms with van der Waals surface area (Å²) in [6.45, 7) is 4.16. The minimum atomic E-state index is -0.426. The first-order valence-electron chi connectivity index (χ1n) is 7.18.